The smallest absolute Gasteiger partial charge is 0.0408 e. The maximum Gasteiger partial charge on any atom is 0.0408 e. The zero-order valence-corrected chi connectivity index (χ0v) is 12.6. The molecule has 4 unspecified atom stereocenters. The highest BCUT2D eigenvalue weighted by Gasteiger charge is 2.42. The second-order valence-electron chi connectivity index (χ2n) is 6.87. The molecule has 4 atom stereocenters. The van der Waals surface area contributed by atoms with Crippen molar-refractivity contribution in [2.24, 2.45) is 17.6 Å². The first-order valence-electron chi connectivity index (χ1n) is 8.00. The molecule has 0 bridgehead atoms. The summed E-state index contributed by atoms with van der Waals surface area (Å²) in [5.41, 5.74) is 9.33. The number of aryl methyl sites for hydroxylation is 1. The number of benzene rings is 1. The Kier molecular flexibility index (Phi) is 3.29. The number of halogens is 1. The zero-order chi connectivity index (χ0) is 13.7. The topological polar surface area (TPSA) is 29.3 Å². The van der Waals surface area contributed by atoms with Gasteiger partial charge in [0.15, 0.2) is 0 Å². The Morgan fingerprint density at radius 2 is 2.05 bits per heavy atom. The summed E-state index contributed by atoms with van der Waals surface area (Å²) in [5.74, 6) is 1.58. The summed E-state index contributed by atoms with van der Waals surface area (Å²) >= 11 is 6.12. The molecule has 1 aliphatic heterocycles. The van der Waals surface area contributed by atoms with Crippen molar-refractivity contribution >= 4 is 11.6 Å². The van der Waals surface area contributed by atoms with Gasteiger partial charge in [0.25, 0.3) is 0 Å². The van der Waals surface area contributed by atoms with Crippen LogP contribution in [-0.4, -0.2) is 24.0 Å². The maximum atomic E-state index is 6.35. The molecule has 3 heteroatoms. The second kappa shape index (κ2) is 5.01. The first kappa shape index (κ1) is 13.1. The Bertz CT molecular complexity index is 516. The standard InChI is InChI=1S/C17H23ClN2/c18-13-5-6-14-11(8-13)4-7-17(14)20-9-12-2-1-3-16(19)15(12)10-20/h5-6,8,12,15-17H,1-4,7,9-10,19H2. The van der Waals surface area contributed by atoms with Gasteiger partial charge in [-0.2, -0.15) is 0 Å². The van der Waals surface area contributed by atoms with E-state index in [9.17, 15) is 0 Å². The van der Waals surface area contributed by atoms with Gasteiger partial charge in [0, 0.05) is 30.2 Å². The maximum absolute atomic E-state index is 6.35. The van der Waals surface area contributed by atoms with Crippen LogP contribution in [0.3, 0.4) is 0 Å². The number of fused-ring (bicyclic) bond motifs is 2. The summed E-state index contributed by atoms with van der Waals surface area (Å²) < 4.78 is 0. The number of rotatable bonds is 1. The normalized spacial score (nSPS) is 36.9. The Hall–Kier alpha value is -0.570. The van der Waals surface area contributed by atoms with Crippen LogP contribution in [0.2, 0.25) is 5.02 Å². The molecule has 0 amide bonds. The monoisotopic (exact) mass is 290 g/mol. The molecule has 0 spiro atoms. The van der Waals surface area contributed by atoms with Crippen LogP contribution < -0.4 is 5.73 Å². The van der Waals surface area contributed by atoms with Crippen LogP contribution in [0.5, 0.6) is 0 Å². The summed E-state index contributed by atoms with van der Waals surface area (Å²) in [6, 6.07) is 7.50. The van der Waals surface area contributed by atoms with Crippen LogP contribution in [-0.2, 0) is 6.42 Å². The lowest BCUT2D eigenvalue weighted by atomic mass is 9.78. The lowest BCUT2D eigenvalue weighted by Crippen LogP contribution is -2.38. The van der Waals surface area contributed by atoms with Crippen LogP contribution in [0.4, 0.5) is 0 Å². The van der Waals surface area contributed by atoms with E-state index in [1.807, 2.05) is 6.07 Å². The predicted molar refractivity (Wildman–Crippen MR) is 82.9 cm³/mol. The summed E-state index contributed by atoms with van der Waals surface area (Å²) in [7, 11) is 0. The van der Waals surface area contributed by atoms with Crippen LogP contribution in [0.15, 0.2) is 18.2 Å². The van der Waals surface area contributed by atoms with Crippen molar-refractivity contribution < 1.29 is 0 Å². The molecule has 1 saturated heterocycles. The number of hydrogen-bond acceptors (Lipinski definition) is 2. The highest BCUT2D eigenvalue weighted by Crippen LogP contribution is 2.43. The third-order valence-corrected chi connectivity index (χ3v) is 6.01. The van der Waals surface area contributed by atoms with Crippen LogP contribution in [0.1, 0.15) is 42.9 Å². The minimum absolute atomic E-state index is 0.435. The highest BCUT2D eigenvalue weighted by molar-refractivity contribution is 6.30. The van der Waals surface area contributed by atoms with Gasteiger partial charge < -0.3 is 5.73 Å². The third-order valence-electron chi connectivity index (χ3n) is 5.77. The van der Waals surface area contributed by atoms with Crippen molar-refractivity contribution in [3.05, 3.63) is 34.3 Å². The quantitative estimate of drug-likeness (QED) is 0.859. The van der Waals surface area contributed by atoms with E-state index in [0.717, 1.165) is 16.9 Å². The van der Waals surface area contributed by atoms with Crippen LogP contribution >= 0.6 is 11.6 Å². The molecule has 2 N–H and O–H groups in total. The van der Waals surface area contributed by atoms with Crippen LogP contribution in [0.25, 0.3) is 0 Å². The van der Waals surface area contributed by atoms with E-state index in [2.05, 4.69) is 17.0 Å². The largest absolute Gasteiger partial charge is 0.327 e. The van der Waals surface area contributed by atoms with Gasteiger partial charge in [0.1, 0.15) is 0 Å². The van der Waals surface area contributed by atoms with E-state index in [1.165, 1.54) is 56.3 Å². The number of nitrogens with zero attached hydrogens (tertiary/aromatic N) is 1. The van der Waals surface area contributed by atoms with E-state index in [0.29, 0.717) is 12.1 Å². The number of nitrogens with two attached hydrogens (primary N) is 1. The Morgan fingerprint density at radius 1 is 1.15 bits per heavy atom. The predicted octanol–water partition coefficient (Wildman–Crippen LogP) is 3.39. The summed E-state index contributed by atoms with van der Waals surface area (Å²) in [4.78, 5) is 2.71. The minimum atomic E-state index is 0.435. The number of hydrogen-bond donors (Lipinski definition) is 1. The first-order valence-corrected chi connectivity index (χ1v) is 8.38. The summed E-state index contributed by atoms with van der Waals surface area (Å²) in [5, 5.41) is 0.876. The summed E-state index contributed by atoms with van der Waals surface area (Å²) in [6.07, 6.45) is 6.37. The summed E-state index contributed by atoms with van der Waals surface area (Å²) in [6.45, 7) is 2.46. The van der Waals surface area contributed by atoms with Gasteiger partial charge >= 0.3 is 0 Å². The van der Waals surface area contributed by atoms with Crippen molar-refractivity contribution in [1.82, 2.24) is 4.90 Å². The van der Waals surface area contributed by atoms with Gasteiger partial charge in [-0.1, -0.05) is 24.1 Å². The molecular formula is C17H23ClN2. The van der Waals surface area contributed by atoms with E-state index in [-0.39, 0.29) is 0 Å². The third kappa shape index (κ3) is 2.09. The van der Waals surface area contributed by atoms with Gasteiger partial charge in [0.05, 0.1) is 0 Å². The van der Waals surface area contributed by atoms with Gasteiger partial charge in [0.2, 0.25) is 0 Å². The van der Waals surface area contributed by atoms with E-state index < -0.39 is 0 Å². The Morgan fingerprint density at radius 3 is 2.90 bits per heavy atom. The highest BCUT2D eigenvalue weighted by atomic mass is 35.5. The minimum Gasteiger partial charge on any atom is -0.327 e. The molecule has 2 fully saturated rings. The van der Waals surface area contributed by atoms with E-state index in [1.54, 1.807) is 0 Å². The molecule has 108 valence electrons. The van der Waals surface area contributed by atoms with Crippen molar-refractivity contribution in [2.75, 3.05) is 13.1 Å². The van der Waals surface area contributed by atoms with Crippen LogP contribution in [0, 0.1) is 11.8 Å². The van der Waals surface area contributed by atoms with Gasteiger partial charge in [-0.05, 0) is 60.8 Å². The molecule has 1 aromatic rings. The fraction of sp³-hybridized carbons (Fsp3) is 0.647. The van der Waals surface area contributed by atoms with Gasteiger partial charge in [-0.3, -0.25) is 4.90 Å². The Balaban J connectivity index is 1.56. The molecule has 4 rings (SSSR count). The lowest BCUT2D eigenvalue weighted by Gasteiger charge is -2.30. The molecular weight excluding hydrogens is 268 g/mol. The molecule has 3 aliphatic rings. The van der Waals surface area contributed by atoms with Gasteiger partial charge in [-0.15, -0.1) is 0 Å². The average Bonchev–Trinajstić information content (AvgIpc) is 3.02. The van der Waals surface area contributed by atoms with E-state index in [4.69, 9.17) is 17.3 Å². The average molecular weight is 291 g/mol. The van der Waals surface area contributed by atoms with Crippen molar-refractivity contribution in [3.8, 4) is 0 Å². The lowest BCUT2D eigenvalue weighted by molar-refractivity contribution is 0.230. The van der Waals surface area contributed by atoms with Crippen molar-refractivity contribution in [3.63, 3.8) is 0 Å². The molecule has 0 radical (unpaired) electrons. The Labute approximate surface area is 126 Å². The number of likely N-dealkylation sites (tertiary alicyclic amines) is 1. The fourth-order valence-electron chi connectivity index (χ4n) is 4.75. The molecule has 1 aromatic carbocycles. The molecule has 1 heterocycles. The fourth-order valence-corrected chi connectivity index (χ4v) is 4.94. The SMILES string of the molecule is NC1CCCC2CN(C3CCc4cc(Cl)ccc43)CC12. The van der Waals surface area contributed by atoms with Crippen molar-refractivity contribution in [2.45, 2.75) is 44.2 Å². The molecule has 2 nitrogen and oxygen atoms in total. The van der Waals surface area contributed by atoms with E-state index >= 15 is 0 Å². The molecule has 0 aromatic heterocycles. The molecule has 20 heavy (non-hydrogen) atoms. The molecule has 1 saturated carbocycles. The van der Waals surface area contributed by atoms with Gasteiger partial charge in [-0.25, -0.2) is 0 Å². The molecule has 2 aliphatic carbocycles. The van der Waals surface area contributed by atoms with Crippen molar-refractivity contribution in [1.29, 1.82) is 0 Å². The first-order chi connectivity index (χ1) is 9.72. The zero-order valence-electron chi connectivity index (χ0n) is 11.9. The second-order valence-corrected chi connectivity index (χ2v) is 7.31.